The molecule has 0 saturated heterocycles. The van der Waals surface area contributed by atoms with Crippen molar-refractivity contribution in [1.29, 1.82) is 0 Å². The van der Waals surface area contributed by atoms with E-state index in [4.69, 9.17) is 4.74 Å². The van der Waals surface area contributed by atoms with Crippen molar-refractivity contribution in [2.75, 3.05) is 7.11 Å². The molecule has 6 heteroatoms. The van der Waals surface area contributed by atoms with Crippen LogP contribution >= 0.6 is 0 Å². The Labute approximate surface area is 143 Å². The molecular weight excluding hydrogens is 316 g/mol. The summed E-state index contributed by atoms with van der Waals surface area (Å²) in [7, 11) is 1.63. The summed E-state index contributed by atoms with van der Waals surface area (Å²) in [4.78, 5) is 18.6. The topological polar surface area (TPSA) is 82.3 Å². The summed E-state index contributed by atoms with van der Waals surface area (Å²) in [5, 5.41) is 5.93. The van der Waals surface area contributed by atoms with E-state index in [1.807, 2.05) is 48.7 Å². The zero-order chi connectivity index (χ0) is 17.2. The summed E-state index contributed by atoms with van der Waals surface area (Å²) in [5.74, 6) is 0.510. The Bertz CT molecular complexity index is 1090. The molecule has 4 rings (SSSR count). The SMILES string of the molecule is COc1ccc2[nH]cc(/C=N\NC(=O)c3c[nH]c4ccccc34)c2c1. The van der Waals surface area contributed by atoms with Crippen molar-refractivity contribution >= 4 is 33.9 Å². The predicted molar refractivity (Wildman–Crippen MR) is 98.2 cm³/mol. The van der Waals surface area contributed by atoms with Crippen LogP contribution in [0.2, 0.25) is 0 Å². The van der Waals surface area contributed by atoms with Crippen molar-refractivity contribution in [2.24, 2.45) is 5.10 Å². The molecule has 0 unspecified atom stereocenters. The van der Waals surface area contributed by atoms with Gasteiger partial charge < -0.3 is 14.7 Å². The summed E-state index contributed by atoms with van der Waals surface area (Å²) >= 11 is 0. The van der Waals surface area contributed by atoms with Crippen LogP contribution in [0.15, 0.2) is 60.0 Å². The van der Waals surface area contributed by atoms with E-state index in [9.17, 15) is 4.79 Å². The predicted octanol–water partition coefficient (Wildman–Crippen LogP) is 3.42. The standard InChI is InChI=1S/C19H16N4O2/c1-25-13-6-7-18-15(8-13)12(9-20-18)10-22-23-19(24)16-11-21-17-5-3-2-4-14(16)17/h2-11,20-21H,1H3,(H,23,24)/b22-10-. The average molecular weight is 332 g/mol. The van der Waals surface area contributed by atoms with Crippen molar-refractivity contribution in [1.82, 2.24) is 15.4 Å². The van der Waals surface area contributed by atoms with Gasteiger partial charge in [0, 0.05) is 39.8 Å². The number of carbonyl (C=O) groups excluding carboxylic acids is 1. The molecule has 0 spiro atoms. The third-order valence-corrected chi connectivity index (χ3v) is 4.12. The number of benzene rings is 2. The minimum atomic E-state index is -0.258. The van der Waals surface area contributed by atoms with Gasteiger partial charge in [-0.1, -0.05) is 18.2 Å². The first-order valence-corrected chi connectivity index (χ1v) is 7.81. The highest BCUT2D eigenvalue weighted by atomic mass is 16.5. The molecule has 3 N–H and O–H groups in total. The summed E-state index contributed by atoms with van der Waals surface area (Å²) in [5.41, 5.74) is 5.90. The minimum Gasteiger partial charge on any atom is -0.497 e. The molecule has 0 bridgehead atoms. The minimum absolute atomic E-state index is 0.258. The second kappa shape index (κ2) is 6.16. The van der Waals surface area contributed by atoms with Gasteiger partial charge in [0.05, 0.1) is 18.9 Å². The van der Waals surface area contributed by atoms with Crippen LogP contribution in [0, 0.1) is 0 Å². The van der Waals surface area contributed by atoms with Crippen LogP contribution in [0.3, 0.4) is 0 Å². The number of hydrogen-bond donors (Lipinski definition) is 3. The first kappa shape index (κ1) is 15.0. The van der Waals surface area contributed by atoms with Crippen molar-refractivity contribution < 1.29 is 9.53 Å². The molecular formula is C19H16N4O2. The molecule has 2 aromatic heterocycles. The number of aromatic amines is 2. The zero-order valence-electron chi connectivity index (χ0n) is 13.5. The van der Waals surface area contributed by atoms with E-state index in [0.717, 1.165) is 33.1 Å². The largest absolute Gasteiger partial charge is 0.497 e. The fraction of sp³-hybridized carbons (Fsp3) is 0.0526. The van der Waals surface area contributed by atoms with Gasteiger partial charge in [-0.2, -0.15) is 5.10 Å². The Hall–Kier alpha value is -3.54. The summed E-state index contributed by atoms with van der Waals surface area (Å²) in [6.45, 7) is 0. The van der Waals surface area contributed by atoms with E-state index in [2.05, 4.69) is 20.5 Å². The Balaban J connectivity index is 1.55. The molecule has 1 amide bonds. The molecule has 0 aliphatic rings. The zero-order valence-corrected chi connectivity index (χ0v) is 13.5. The molecule has 0 aliphatic heterocycles. The molecule has 0 saturated carbocycles. The van der Waals surface area contributed by atoms with Gasteiger partial charge in [-0.25, -0.2) is 5.43 Å². The van der Waals surface area contributed by atoms with Crippen molar-refractivity contribution in [2.45, 2.75) is 0 Å². The number of rotatable bonds is 4. The van der Waals surface area contributed by atoms with Crippen molar-refractivity contribution in [3.05, 3.63) is 66.0 Å². The highest BCUT2D eigenvalue weighted by Crippen LogP contribution is 2.22. The van der Waals surface area contributed by atoms with Crippen LogP contribution in [-0.4, -0.2) is 29.2 Å². The number of para-hydroxylation sites is 1. The molecule has 0 aliphatic carbocycles. The summed E-state index contributed by atoms with van der Waals surface area (Å²) < 4.78 is 5.25. The first-order chi connectivity index (χ1) is 12.3. The Kier molecular flexibility index (Phi) is 3.70. The molecule has 25 heavy (non-hydrogen) atoms. The number of amides is 1. The lowest BCUT2D eigenvalue weighted by Gasteiger charge is -2.00. The van der Waals surface area contributed by atoms with E-state index in [1.165, 1.54) is 0 Å². The number of hydrazone groups is 1. The fourth-order valence-corrected chi connectivity index (χ4v) is 2.84. The first-order valence-electron chi connectivity index (χ1n) is 7.81. The Morgan fingerprint density at radius 1 is 1.08 bits per heavy atom. The molecule has 124 valence electrons. The van der Waals surface area contributed by atoms with Crippen LogP contribution in [-0.2, 0) is 0 Å². The lowest BCUT2D eigenvalue weighted by atomic mass is 10.2. The normalized spacial score (nSPS) is 11.4. The number of nitrogens with one attached hydrogen (secondary N) is 3. The maximum absolute atomic E-state index is 12.3. The van der Waals surface area contributed by atoms with Gasteiger partial charge in [-0.15, -0.1) is 0 Å². The van der Waals surface area contributed by atoms with Crippen LogP contribution in [0.5, 0.6) is 5.75 Å². The maximum atomic E-state index is 12.3. The molecule has 4 aromatic rings. The van der Waals surface area contributed by atoms with Crippen LogP contribution in [0.1, 0.15) is 15.9 Å². The lowest BCUT2D eigenvalue weighted by Crippen LogP contribution is -2.17. The molecule has 0 atom stereocenters. The number of nitrogens with zero attached hydrogens (tertiary/aromatic N) is 1. The monoisotopic (exact) mass is 332 g/mol. The number of fused-ring (bicyclic) bond motifs is 2. The van der Waals surface area contributed by atoms with Crippen LogP contribution in [0.25, 0.3) is 21.8 Å². The van der Waals surface area contributed by atoms with Gasteiger partial charge >= 0.3 is 0 Å². The summed E-state index contributed by atoms with van der Waals surface area (Å²) in [6.07, 6.45) is 5.14. The quantitative estimate of drug-likeness (QED) is 0.395. The van der Waals surface area contributed by atoms with Crippen molar-refractivity contribution in [3.8, 4) is 5.75 Å². The second-order valence-corrected chi connectivity index (χ2v) is 5.60. The summed E-state index contributed by atoms with van der Waals surface area (Å²) in [6, 6.07) is 13.4. The average Bonchev–Trinajstić information content (AvgIpc) is 3.25. The van der Waals surface area contributed by atoms with Gasteiger partial charge in [-0.3, -0.25) is 4.79 Å². The molecule has 6 nitrogen and oxygen atoms in total. The number of aromatic nitrogens is 2. The van der Waals surface area contributed by atoms with E-state index in [0.29, 0.717) is 5.56 Å². The van der Waals surface area contributed by atoms with Crippen LogP contribution in [0.4, 0.5) is 0 Å². The van der Waals surface area contributed by atoms with Gasteiger partial charge in [0.15, 0.2) is 0 Å². The van der Waals surface area contributed by atoms with Crippen molar-refractivity contribution in [3.63, 3.8) is 0 Å². The lowest BCUT2D eigenvalue weighted by molar-refractivity contribution is 0.0957. The van der Waals surface area contributed by atoms with E-state index >= 15 is 0 Å². The second-order valence-electron chi connectivity index (χ2n) is 5.60. The maximum Gasteiger partial charge on any atom is 0.273 e. The number of carbonyl (C=O) groups is 1. The third-order valence-electron chi connectivity index (χ3n) is 4.12. The van der Waals surface area contributed by atoms with E-state index in [-0.39, 0.29) is 5.91 Å². The highest BCUT2D eigenvalue weighted by Gasteiger charge is 2.10. The number of methoxy groups -OCH3 is 1. The molecule has 2 aromatic carbocycles. The van der Waals surface area contributed by atoms with E-state index < -0.39 is 0 Å². The fourth-order valence-electron chi connectivity index (χ4n) is 2.84. The number of H-pyrrole nitrogens is 2. The molecule has 2 heterocycles. The van der Waals surface area contributed by atoms with Crippen LogP contribution < -0.4 is 10.2 Å². The Morgan fingerprint density at radius 3 is 2.76 bits per heavy atom. The van der Waals surface area contributed by atoms with E-state index in [1.54, 1.807) is 19.5 Å². The highest BCUT2D eigenvalue weighted by molar-refractivity contribution is 6.07. The van der Waals surface area contributed by atoms with Gasteiger partial charge in [0.25, 0.3) is 5.91 Å². The molecule has 0 fully saturated rings. The third kappa shape index (κ3) is 2.74. The smallest absolute Gasteiger partial charge is 0.273 e. The van der Waals surface area contributed by atoms with Gasteiger partial charge in [0.2, 0.25) is 0 Å². The van der Waals surface area contributed by atoms with Gasteiger partial charge in [0.1, 0.15) is 5.75 Å². The Morgan fingerprint density at radius 2 is 1.88 bits per heavy atom. The number of ether oxygens (including phenoxy) is 1. The number of hydrogen-bond acceptors (Lipinski definition) is 3. The molecule has 0 radical (unpaired) electrons. The van der Waals surface area contributed by atoms with Gasteiger partial charge in [-0.05, 0) is 24.3 Å².